The molecule has 3 aromatic rings. The van der Waals surface area contributed by atoms with Crippen LogP contribution in [-0.2, 0) is 6.61 Å². The summed E-state index contributed by atoms with van der Waals surface area (Å²) in [5, 5.41) is 0.430. The summed E-state index contributed by atoms with van der Waals surface area (Å²) in [6.07, 6.45) is 0.733. The molecule has 3 heteroatoms. The monoisotopic (exact) mass is 336 g/mol. The highest BCUT2D eigenvalue weighted by molar-refractivity contribution is 6.33. The Hall–Kier alpha value is -2.58. The van der Waals surface area contributed by atoms with Gasteiger partial charge in [-0.2, -0.15) is 0 Å². The Kier molecular flexibility index (Phi) is 4.97. The normalized spacial score (nSPS) is 10.4. The molecule has 0 aliphatic carbocycles. The number of hydrogen-bond donors (Lipinski definition) is 0. The first-order valence-corrected chi connectivity index (χ1v) is 8.08. The van der Waals surface area contributed by atoms with Crippen LogP contribution >= 0.6 is 11.6 Å². The van der Waals surface area contributed by atoms with Crippen molar-refractivity contribution in [1.82, 2.24) is 0 Å². The number of rotatable bonds is 5. The topological polar surface area (TPSA) is 26.3 Å². The van der Waals surface area contributed by atoms with Gasteiger partial charge in [-0.05, 0) is 47.4 Å². The Bertz CT molecular complexity index is 857. The molecule has 0 heterocycles. The summed E-state index contributed by atoms with van der Waals surface area (Å²) >= 11 is 5.94. The van der Waals surface area contributed by atoms with Crippen LogP contribution in [-0.4, -0.2) is 6.29 Å². The highest BCUT2D eigenvalue weighted by Gasteiger charge is 2.07. The minimum absolute atomic E-state index is 0.430. The van der Waals surface area contributed by atoms with Crippen molar-refractivity contribution in [2.45, 2.75) is 13.5 Å². The smallest absolute Gasteiger partial charge is 0.151 e. The van der Waals surface area contributed by atoms with Crippen LogP contribution in [0.1, 0.15) is 21.5 Å². The molecule has 3 aromatic carbocycles. The van der Waals surface area contributed by atoms with Crippen molar-refractivity contribution in [3.05, 3.63) is 88.4 Å². The summed E-state index contributed by atoms with van der Waals surface area (Å²) in [7, 11) is 0. The van der Waals surface area contributed by atoms with Gasteiger partial charge in [-0.1, -0.05) is 60.1 Å². The average molecular weight is 337 g/mol. The first-order chi connectivity index (χ1) is 11.7. The van der Waals surface area contributed by atoms with E-state index in [2.05, 4.69) is 31.2 Å². The fourth-order valence-corrected chi connectivity index (χ4v) is 2.80. The van der Waals surface area contributed by atoms with Crippen LogP contribution in [0.4, 0.5) is 0 Å². The van der Waals surface area contributed by atoms with Gasteiger partial charge in [0, 0.05) is 5.56 Å². The van der Waals surface area contributed by atoms with Crippen LogP contribution in [0.15, 0.2) is 66.7 Å². The Morgan fingerprint density at radius 2 is 1.79 bits per heavy atom. The molecule has 0 spiro atoms. The second-order valence-corrected chi connectivity index (χ2v) is 5.95. The first-order valence-electron chi connectivity index (χ1n) is 7.70. The van der Waals surface area contributed by atoms with E-state index in [-0.39, 0.29) is 0 Å². The molecule has 0 aliphatic heterocycles. The molecule has 0 aliphatic rings. The molecule has 0 radical (unpaired) electrons. The van der Waals surface area contributed by atoms with Gasteiger partial charge < -0.3 is 4.74 Å². The van der Waals surface area contributed by atoms with Gasteiger partial charge in [0.2, 0.25) is 0 Å². The maximum absolute atomic E-state index is 11.0. The molecule has 0 unspecified atom stereocenters. The van der Waals surface area contributed by atoms with Crippen molar-refractivity contribution >= 4 is 17.9 Å². The molecular weight excluding hydrogens is 320 g/mol. The third kappa shape index (κ3) is 3.50. The number of benzene rings is 3. The minimum atomic E-state index is 0.430. The Morgan fingerprint density at radius 3 is 2.54 bits per heavy atom. The quantitative estimate of drug-likeness (QED) is 0.558. The van der Waals surface area contributed by atoms with Gasteiger partial charge >= 0.3 is 0 Å². The third-order valence-corrected chi connectivity index (χ3v) is 4.36. The molecule has 0 atom stereocenters. The second kappa shape index (κ2) is 7.33. The van der Waals surface area contributed by atoms with Crippen molar-refractivity contribution in [2.75, 3.05) is 0 Å². The minimum Gasteiger partial charge on any atom is -0.489 e. The molecule has 0 saturated carbocycles. The number of aldehydes is 1. The van der Waals surface area contributed by atoms with Crippen molar-refractivity contribution in [1.29, 1.82) is 0 Å². The van der Waals surface area contributed by atoms with Crippen molar-refractivity contribution in [3.8, 4) is 16.9 Å². The predicted octanol–water partition coefficient (Wildman–Crippen LogP) is 5.71. The predicted molar refractivity (Wildman–Crippen MR) is 97.8 cm³/mol. The van der Waals surface area contributed by atoms with E-state index in [9.17, 15) is 4.79 Å². The zero-order valence-corrected chi connectivity index (χ0v) is 14.1. The standard InChI is InChI=1S/C21H17ClO2/c1-15-17(8-5-9-20(15)16-6-3-2-4-7-16)14-24-19-10-11-21(22)18(12-19)13-23/h2-13H,14H2,1H3. The zero-order chi connectivity index (χ0) is 16.9. The van der Waals surface area contributed by atoms with Gasteiger partial charge in [0.05, 0.1) is 5.02 Å². The van der Waals surface area contributed by atoms with Crippen LogP contribution in [0.2, 0.25) is 5.02 Å². The van der Waals surface area contributed by atoms with Crippen LogP contribution < -0.4 is 4.74 Å². The number of carbonyl (C=O) groups is 1. The largest absolute Gasteiger partial charge is 0.489 e. The Labute approximate surface area is 146 Å². The summed E-state index contributed by atoms with van der Waals surface area (Å²) in [4.78, 5) is 11.0. The number of halogens is 1. The lowest BCUT2D eigenvalue weighted by atomic mass is 9.97. The molecule has 0 aromatic heterocycles. The lowest BCUT2D eigenvalue weighted by Crippen LogP contribution is -2.00. The number of hydrogen-bond acceptors (Lipinski definition) is 2. The van der Waals surface area contributed by atoms with Gasteiger partial charge in [0.15, 0.2) is 6.29 Å². The van der Waals surface area contributed by atoms with Gasteiger partial charge in [0.1, 0.15) is 12.4 Å². The first kappa shape index (κ1) is 16.3. The molecule has 2 nitrogen and oxygen atoms in total. The van der Waals surface area contributed by atoms with E-state index in [1.165, 1.54) is 16.7 Å². The van der Waals surface area contributed by atoms with Crippen molar-refractivity contribution in [2.24, 2.45) is 0 Å². The SMILES string of the molecule is Cc1c(COc2ccc(Cl)c(C=O)c2)cccc1-c1ccccc1. The Morgan fingerprint density at radius 1 is 1.00 bits per heavy atom. The average Bonchev–Trinajstić information content (AvgIpc) is 2.62. The maximum Gasteiger partial charge on any atom is 0.151 e. The lowest BCUT2D eigenvalue weighted by molar-refractivity contribution is 0.112. The molecule has 0 fully saturated rings. The van der Waals surface area contributed by atoms with E-state index < -0.39 is 0 Å². The molecule has 24 heavy (non-hydrogen) atoms. The summed E-state index contributed by atoms with van der Waals surface area (Å²) in [5.74, 6) is 0.631. The molecule has 0 saturated heterocycles. The zero-order valence-electron chi connectivity index (χ0n) is 13.3. The van der Waals surface area contributed by atoms with E-state index in [0.717, 1.165) is 11.8 Å². The van der Waals surface area contributed by atoms with Gasteiger partial charge in [0.25, 0.3) is 0 Å². The molecular formula is C21H17ClO2. The van der Waals surface area contributed by atoms with Crippen molar-refractivity contribution < 1.29 is 9.53 Å². The Balaban J connectivity index is 1.82. The summed E-state index contributed by atoms with van der Waals surface area (Å²) in [6, 6.07) is 21.6. The van der Waals surface area contributed by atoms with Gasteiger partial charge in [-0.25, -0.2) is 0 Å². The van der Waals surface area contributed by atoms with E-state index in [1.807, 2.05) is 24.3 Å². The van der Waals surface area contributed by atoms with Crippen LogP contribution in [0.5, 0.6) is 5.75 Å². The maximum atomic E-state index is 11.0. The molecule has 120 valence electrons. The van der Waals surface area contributed by atoms with Crippen LogP contribution in [0.25, 0.3) is 11.1 Å². The molecule has 3 rings (SSSR count). The lowest BCUT2D eigenvalue weighted by Gasteiger charge is -2.13. The van der Waals surface area contributed by atoms with Crippen LogP contribution in [0.3, 0.4) is 0 Å². The van der Waals surface area contributed by atoms with E-state index >= 15 is 0 Å². The van der Waals surface area contributed by atoms with Gasteiger partial charge in [-0.3, -0.25) is 4.79 Å². The number of ether oxygens (including phenoxy) is 1. The van der Waals surface area contributed by atoms with Gasteiger partial charge in [-0.15, -0.1) is 0 Å². The van der Waals surface area contributed by atoms with E-state index in [1.54, 1.807) is 18.2 Å². The highest BCUT2D eigenvalue weighted by atomic mass is 35.5. The number of carbonyl (C=O) groups excluding carboxylic acids is 1. The summed E-state index contributed by atoms with van der Waals surface area (Å²) in [5.41, 5.74) is 5.11. The summed E-state index contributed by atoms with van der Waals surface area (Å²) in [6.45, 7) is 2.53. The third-order valence-electron chi connectivity index (χ3n) is 4.02. The summed E-state index contributed by atoms with van der Waals surface area (Å²) < 4.78 is 5.84. The van der Waals surface area contributed by atoms with E-state index in [0.29, 0.717) is 22.9 Å². The fourth-order valence-electron chi connectivity index (χ4n) is 2.63. The molecule has 0 bridgehead atoms. The highest BCUT2D eigenvalue weighted by Crippen LogP contribution is 2.27. The van der Waals surface area contributed by atoms with Crippen molar-refractivity contribution in [3.63, 3.8) is 0 Å². The van der Waals surface area contributed by atoms with E-state index in [4.69, 9.17) is 16.3 Å². The second-order valence-electron chi connectivity index (χ2n) is 5.55. The fraction of sp³-hybridized carbons (Fsp3) is 0.0952. The molecule has 0 amide bonds. The molecule has 0 N–H and O–H groups in total. The van der Waals surface area contributed by atoms with Crippen LogP contribution in [0, 0.1) is 6.92 Å².